The van der Waals surface area contributed by atoms with E-state index in [2.05, 4.69) is 26.3 Å². The summed E-state index contributed by atoms with van der Waals surface area (Å²) in [6, 6.07) is 10.9. The minimum absolute atomic E-state index is 0.0983. The van der Waals surface area contributed by atoms with Crippen molar-refractivity contribution in [2.75, 3.05) is 0 Å². The maximum atomic E-state index is 13.4. The average Bonchev–Trinajstić information content (AvgIpc) is 3.41. The van der Waals surface area contributed by atoms with Crippen molar-refractivity contribution in [3.8, 4) is 0 Å². The van der Waals surface area contributed by atoms with E-state index in [0.717, 1.165) is 22.0 Å². The molecular formula is C32H43N7O6. The Labute approximate surface area is 261 Å². The molecule has 0 unspecified atom stereocenters. The molecule has 5 amide bonds. The fourth-order valence-electron chi connectivity index (χ4n) is 4.74. The number of carbonyl (C=O) groups is 5. The van der Waals surface area contributed by atoms with Crippen LogP contribution in [0.4, 0.5) is 0 Å². The molecule has 1 aromatic heterocycles. The normalized spacial score (nSPS) is 15.3. The van der Waals surface area contributed by atoms with Crippen LogP contribution in [0.25, 0.3) is 10.9 Å². The second-order valence-corrected chi connectivity index (χ2v) is 11.5. The van der Waals surface area contributed by atoms with E-state index in [-0.39, 0.29) is 12.8 Å². The van der Waals surface area contributed by atoms with Crippen LogP contribution in [0.3, 0.4) is 0 Å². The van der Waals surface area contributed by atoms with Crippen LogP contribution in [0.1, 0.15) is 38.8 Å². The minimum atomic E-state index is -1.26. The Kier molecular flexibility index (Phi) is 12.2. The number of H-pyrrole nitrogens is 1. The molecule has 0 bridgehead atoms. The van der Waals surface area contributed by atoms with E-state index in [1.54, 1.807) is 44.3 Å². The van der Waals surface area contributed by atoms with Crippen LogP contribution in [0.2, 0.25) is 0 Å². The van der Waals surface area contributed by atoms with E-state index in [1.807, 2.05) is 30.3 Å². The second-order valence-electron chi connectivity index (χ2n) is 11.5. The number of benzene rings is 2. The number of aromatic nitrogens is 1. The van der Waals surface area contributed by atoms with Crippen molar-refractivity contribution in [1.29, 1.82) is 0 Å². The van der Waals surface area contributed by atoms with Gasteiger partial charge in [-0.25, -0.2) is 0 Å². The highest BCUT2D eigenvalue weighted by Crippen LogP contribution is 2.19. The highest BCUT2D eigenvalue weighted by atomic mass is 16.3. The molecule has 0 saturated heterocycles. The van der Waals surface area contributed by atoms with Crippen molar-refractivity contribution in [3.63, 3.8) is 0 Å². The monoisotopic (exact) mass is 621 g/mol. The summed E-state index contributed by atoms with van der Waals surface area (Å²) in [4.78, 5) is 67.8. The van der Waals surface area contributed by atoms with E-state index in [0.29, 0.717) is 0 Å². The molecule has 0 spiro atoms. The third-order valence-corrected chi connectivity index (χ3v) is 7.50. The maximum absolute atomic E-state index is 13.4. The molecule has 0 aliphatic carbocycles. The Morgan fingerprint density at radius 2 is 1.38 bits per heavy atom. The van der Waals surface area contributed by atoms with Crippen LogP contribution < -0.4 is 32.7 Å². The molecule has 0 aliphatic heterocycles. The number of hydrogen-bond acceptors (Lipinski definition) is 7. The van der Waals surface area contributed by atoms with Gasteiger partial charge in [0.2, 0.25) is 29.5 Å². The molecule has 242 valence electrons. The molecule has 3 rings (SSSR count). The van der Waals surface area contributed by atoms with Crippen molar-refractivity contribution in [3.05, 3.63) is 71.9 Å². The summed E-state index contributed by atoms with van der Waals surface area (Å²) >= 11 is 0. The van der Waals surface area contributed by atoms with Gasteiger partial charge in [-0.3, -0.25) is 24.0 Å². The van der Waals surface area contributed by atoms with Gasteiger partial charge in [0.15, 0.2) is 0 Å². The first kappa shape index (κ1) is 34.7. The van der Waals surface area contributed by atoms with Gasteiger partial charge in [0.1, 0.15) is 30.2 Å². The third-order valence-electron chi connectivity index (χ3n) is 7.50. The second kappa shape index (κ2) is 15.8. The number of aromatic amines is 1. The summed E-state index contributed by atoms with van der Waals surface area (Å²) in [5, 5.41) is 21.1. The summed E-state index contributed by atoms with van der Waals surface area (Å²) in [6.07, 6.45) is 0.841. The molecule has 0 fully saturated rings. The summed E-state index contributed by atoms with van der Waals surface area (Å²) < 4.78 is 0. The van der Waals surface area contributed by atoms with E-state index in [4.69, 9.17) is 11.5 Å². The van der Waals surface area contributed by atoms with Crippen LogP contribution in [-0.2, 0) is 36.8 Å². The zero-order valence-electron chi connectivity index (χ0n) is 25.9. The van der Waals surface area contributed by atoms with Gasteiger partial charge in [0, 0.05) is 29.9 Å². The van der Waals surface area contributed by atoms with E-state index >= 15 is 0 Å². The lowest BCUT2D eigenvalue weighted by Crippen LogP contribution is -2.60. The molecule has 6 atom stereocenters. The largest absolute Gasteiger partial charge is 0.391 e. The molecule has 13 nitrogen and oxygen atoms in total. The molecule has 0 radical (unpaired) electrons. The summed E-state index contributed by atoms with van der Waals surface area (Å²) in [7, 11) is 0. The number of hydrogen-bond donors (Lipinski definition) is 8. The van der Waals surface area contributed by atoms with Crippen molar-refractivity contribution in [1.82, 2.24) is 26.3 Å². The summed E-state index contributed by atoms with van der Waals surface area (Å²) in [5.41, 5.74) is 13.8. The minimum Gasteiger partial charge on any atom is -0.391 e. The molecule has 2 aromatic carbocycles. The summed E-state index contributed by atoms with van der Waals surface area (Å²) in [6.45, 7) is 6.24. The number of para-hydroxylation sites is 1. The molecular weight excluding hydrogens is 578 g/mol. The predicted octanol–water partition coefficient (Wildman–Crippen LogP) is -0.238. The van der Waals surface area contributed by atoms with Gasteiger partial charge < -0.3 is 42.8 Å². The van der Waals surface area contributed by atoms with Crippen LogP contribution in [0.5, 0.6) is 0 Å². The average molecular weight is 622 g/mol. The van der Waals surface area contributed by atoms with Gasteiger partial charge >= 0.3 is 0 Å². The number of rotatable bonds is 15. The molecule has 0 aliphatic rings. The number of primary amides is 1. The van der Waals surface area contributed by atoms with E-state index in [9.17, 15) is 29.1 Å². The molecule has 10 N–H and O–H groups in total. The molecule has 45 heavy (non-hydrogen) atoms. The van der Waals surface area contributed by atoms with Crippen LogP contribution in [0, 0.1) is 5.92 Å². The zero-order valence-corrected chi connectivity index (χ0v) is 25.9. The van der Waals surface area contributed by atoms with Crippen molar-refractivity contribution >= 4 is 40.4 Å². The number of carbonyl (C=O) groups excluding carboxylic acids is 5. The number of aliphatic hydroxyl groups excluding tert-OH is 1. The Hall–Kier alpha value is -4.75. The number of nitrogens with one attached hydrogen (secondary N) is 5. The van der Waals surface area contributed by atoms with Gasteiger partial charge in [-0.1, -0.05) is 62.4 Å². The molecule has 13 heteroatoms. The zero-order chi connectivity index (χ0) is 33.3. The fourth-order valence-corrected chi connectivity index (χ4v) is 4.74. The Morgan fingerprint density at radius 1 is 0.756 bits per heavy atom. The van der Waals surface area contributed by atoms with Gasteiger partial charge in [-0.2, -0.15) is 0 Å². The van der Waals surface area contributed by atoms with Gasteiger partial charge in [-0.15, -0.1) is 0 Å². The van der Waals surface area contributed by atoms with Crippen LogP contribution in [0.15, 0.2) is 60.8 Å². The highest BCUT2D eigenvalue weighted by molar-refractivity contribution is 5.96. The lowest BCUT2D eigenvalue weighted by atomic mass is 10.00. The van der Waals surface area contributed by atoms with Crippen LogP contribution in [-0.4, -0.2) is 75.9 Å². The lowest BCUT2D eigenvalue weighted by molar-refractivity contribution is -0.135. The predicted molar refractivity (Wildman–Crippen MR) is 169 cm³/mol. The first-order chi connectivity index (χ1) is 21.3. The summed E-state index contributed by atoms with van der Waals surface area (Å²) in [5.74, 6) is -3.79. The van der Waals surface area contributed by atoms with E-state index < -0.39 is 71.8 Å². The van der Waals surface area contributed by atoms with E-state index in [1.165, 1.54) is 13.8 Å². The standard InChI is InChI=1S/C32H43N7O6/c1-17(2)27(39-30(43)25(14-20-10-6-5-7-11-20)38-31(44)26(33)19(4)40)32(45)36-18(3)29(42)37-24(28(34)41)15-21-16-35-23-13-9-8-12-22(21)23/h5-13,16-19,24-27,35,40H,14-15,33H2,1-4H3,(H2,34,41)(H,36,45)(H,37,42)(H,38,44)(H,39,43)/t18-,19+,24-,25-,26-,27-/m0/s1. The Bertz CT molecular complexity index is 1490. The van der Waals surface area contributed by atoms with Crippen molar-refractivity contribution in [2.45, 2.75) is 76.8 Å². The van der Waals surface area contributed by atoms with Gasteiger partial charge in [0.25, 0.3) is 0 Å². The number of nitrogens with two attached hydrogens (primary N) is 2. The quantitative estimate of drug-likeness (QED) is 0.114. The van der Waals surface area contributed by atoms with Crippen molar-refractivity contribution < 1.29 is 29.1 Å². The molecule has 1 heterocycles. The fraction of sp³-hybridized carbons (Fsp3) is 0.406. The first-order valence-electron chi connectivity index (χ1n) is 14.8. The third kappa shape index (κ3) is 9.62. The lowest BCUT2D eigenvalue weighted by Gasteiger charge is -2.27. The smallest absolute Gasteiger partial charge is 0.243 e. The SMILES string of the molecule is CC(C)[C@H](NC(=O)[C@H](Cc1ccccc1)NC(=O)[C@@H](N)[C@@H](C)O)C(=O)N[C@@H](C)C(=O)N[C@@H](Cc1c[nH]c2ccccc12)C(N)=O. The molecule has 3 aromatic rings. The number of fused-ring (bicyclic) bond motifs is 1. The van der Waals surface area contributed by atoms with Gasteiger partial charge in [0.05, 0.1) is 6.10 Å². The Balaban J connectivity index is 1.68. The van der Waals surface area contributed by atoms with Gasteiger partial charge in [-0.05, 0) is 37.0 Å². The highest BCUT2D eigenvalue weighted by Gasteiger charge is 2.32. The molecule has 0 saturated carbocycles. The van der Waals surface area contributed by atoms with Crippen LogP contribution >= 0.6 is 0 Å². The number of aliphatic hydroxyl groups is 1. The van der Waals surface area contributed by atoms with Crippen molar-refractivity contribution in [2.24, 2.45) is 17.4 Å². The topological polar surface area (TPSA) is 222 Å². The Morgan fingerprint density at radius 3 is 2.00 bits per heavy atom. The number of amides is 5. The first-order valence-corrected chi connectivity index (χ1v) is 14.8. The maximum Gasteiger partial charge on any atom is 0.243 e.